The summed E-state index contributed by atoms with van der Waals surface area (Å²) >= 11 is 5.59. The molecule has 0 atom stereocenters. The second kappa shape index (κ2) is 4.00. The molecule has 14 heavy (non-hydrogen) atoms. The van der Waals surface area contributed by atoms with Crippen LogP contribution in [-0.2, 0) is 0 Å². The zero-order valence-corrected chi connectivity index (χ0v) is 7.95. The molecule has 1 aromatic heterocycles. The molecule has 1 heterocycles. The lowest BCUT2D eigenvalue weighted by molar-refractivity contribution is -0.115. The third-order valence-electron chi connectivity index (χ3n) is 1.48. The van der Waals surface area contributed by atoms with E-state index < -0.39 is 12.7 Å². The van der Waals surface area contributed by atoms with Crippen LogP contribution in [-0.4, -0.2) is 22.7 Å². The van der Waals surface area contributed by atoms with Gasteiger partial charge in [0.05, 0.1) is 0 Å². The molecular formula is C7H7ClF3N3. The van der Waals surface area contributed by atoms with Gasteiger partial charge in [-0.05, 0) is 6.92 Å². The van der Waals surface area contributed by atoms with Gasteiger partial charge in [-0.1, -0.05) is 11.6 Å². The van der Waals surface area contributed by atoms with E-state index in [9.17, 15) is 13.2 Å². The SMILES string of the molecule is Cc1c(Cl)ncnc1NCC(F)(F)F. The molecule has 0 aliphatic rings. The molecule has 78 valence electrons. The minimum absolute atomic E-state index is 0.0994. The topological polar surface area (TPSA) is 37.8 Å². The Balaban J connectivity index is 2.73. The van der Waals surface area contributed by atoms with Crippen LogP contribution in [0.25, 0.3) is 0 Å². The molecule has 0 bridgehead atoms. The van der Waals surface area contributed by atoms with Gasteiger partial charge in [0.2, 0.25) is 0 Å². The minimum atomic E-state index is -4.27. The Kier molecular flexibility index (Phi) is 3.15. The first-order valence-corrected chi connectivity index (χ1v) is 4.05. The number of rotatable bonds is 2. The van der Waals surface area contributed by atoms with Crippen molar-refractivity contribution in [2.75, 3.05) is 11.9 Å². The fraction of sp³-hybridized carbons (Fsp3) is 0.429. The summed E-state index contributed by atoms with van der Waals surface area (Å²) < 4.78 is 35.5. The Morgan fingerprint density at radius 2 is 2.07 bits per heavy atom. The molecule has 7 heteroatoms. The number of nitrogens with one attached hydrogen (secondary N) is 1. The average molecular weight is 226 g/mol. The van der Waals surface area contributed by atoms with Crippen LogP contribution in [0, 0.1) is 6.92 Å². The molecule has 0 radical (unpaired) electrons. The van der Waals surface area contributed by atoms with E-state index in [4.69, 9.17) is 11.6 Å². The monoisotopic (exact) mass is 225 g/mol. The first-order chi connectivity index (χ1) is 6.40. The van der Waals surface area contributed by atoms with Crippen molar-refractivity contribution in [1.82, 2.24) is 9.97 Å². The van der Waals surface area contributed by atoms with E-state index in [1.807, 2.05) is 0 Å². The third kappa shape index (κ3) is 3.02. The Labute approximate surface area is 83.3 Å². The van der Waals surface area contributed by atoms with Gasteiger partial charge in [0, 0.05) is 5.56 Å². The Hall–Kier alpha value is -1.04. The van der Waals surface area contributed by atoms with Gasteiger partial charge in [-0.15, -0.1) is 0 Å². The van der Waals surface area contributed by atoms with Crippen LogP contribution in [0.1, 0.15) is 5.56 Å². The van der Waals surface area contributed by atoms with Gasteiger partial charge in [-0.25, -0.2) is 9.97 Å². The number of nitrogens with zero attached hydrogens (tertiary/aromatic N) is 2. The van der Waals surface area contributed by atoms with Crippen molar-refractivity contribution in [1.29, 1.82) is 0 Å². The maximum atomic E-state index is 11.8. The number of aromatic nitrogens is 2. The number of hydrogen-bond acceptors (Lipinski definition) is 3. The highest BCUT2D eigenvalue weighted by atomic mass is 35.5. The van der Waals surface area contributed by atoms with Crippen LogP contribution in [0.2, 0.25) is 5.15 Å². The van der Waals surface area contributed by atoms with Crippen molar-refractivity contribution in [3.05, 3.63) is 17.0 Å². The van der Waals surface area contributed by atoms with Crippen molar-refractivity contribution in [2.45, 2.75) is 13.1 Å². The van der Waals surface area contributed by atoms with E-state index in [1.54, 1.807) is 6.92 Å². The van der Waals surface area contributed by atoms with E-state index in [2.05, 4.69) is 15.3 Å². The number of anilines is 1. The summed E-state index contributed by atoms with van der Waals surface area (Å²) in [4.78, 5) is 7.25. The predicted molar refractivity (Wildman–Crippen MR) is 46.3 cm³/mol. The average Bonchev–Trinajstić information content (AvgIpc) is 2.06. The van der Waals surface area contributed by atoms with Crippen LogP contribution in [0.15, 0.2) is 6.33 Å². The summed E-state index contributed by atoms with van der Waals surface area (Å²) in [6, 6.07) is 0. The van der Waals surface area contributed by atoms with E-state index in [0.29, 0.717) is 5.56 Å². The van der Waals surface area contributed by atoms with Gasteiger partial charge in [-0.2, -0.15) is 13.2 Å². The van der Waals surface area contributed by atoms with Gasteiger partial charge in [0.1, 0.15) is 23.8 Å². The molecule has 0 aliphatic carbocycles. The van der Waals surface area contributed by atoms with Gasteiger partial charge >= 0.3 is 6.18 Å². The van der Waals surface area contributed by atoms with Crippen molar-refractivity contribution in [3.63, 3.8) is 0 Å². The summed E-state index contributed by atoms with van der Waals surface area (Å²) in [6.07, 6.45) is -3.17. The van der Waals surface area contributed by atoms with Crippen LogP contribution in [0.4, 0.5) is 19.0 Å². The van der Waals surface area contributed by atoms with E-state index in [1.165, 1.54) is 0 Å². The molecule has 1 N–H and O–H groups in total. The predicted octanol–water partition coefficient (Wildman–Crippen LogP) is 2.41. The number of halogens is 4. The summed E-state index contributed by atoms with van der Waals surface area (Å²) in [6.45, 7) is 0.405. The molecule has 0 aromatic carbocycles. The second-order valence-corrected chi connectivity index (χ2v) is 2.96. The fourth-order valence-electron chi connectivity index (χ4n) is 0.791. The lowest BCUT2D eigenvalue weighted by atomic mass is 10.3. The summed E-state index contributed by atoms with van der Waals surface area (Å²) in [5, 5.41) is 2.28. The second-order valence-electron chi connectivity index (χ2n) is 2.61. The number of hydrogen-bond donors (Lipinski definition) is 1. The van der Waals surface area contributed by atoms with Crippen molar-refractivity contribution in [3.8, 4) is 0 Å². The third-order valence-corrected chi connectivity index (χ3v) is 1.86. The first-order valence-electron chi connectivity index (χ1n) is 3.68. The lowest BCUT2D eigenvalue weighted by Crippen LogP contribution is -2.22. The smallest absolute Gasteiger partial charge is 0.361 e. The van der Waals surface area contributed by atoms with Crippen LogP contribution >= 0.6 is 11.6 Å². The molecule has 0 unspecified atom stereocenters. The number of alkyl halides is 3. The van der Waals surface area contributed by atoms with Gasteiger partial charge < -0.3 is 5.32 Å². The molecular weight excluding hydrogens is 219 g/mol. The molecule has 3 nitrogen and oxygen atoms in total. The van der Waals surface area contributed by atoms with Gasteiger partial charge in [0.25, 0.3) is 0 Å². The largest absolute Gasteiger partial charge is 0.405 e. The first kappa shape index (κ1) is 11.0. The zero-order valence-electron chi connectivity index (χ0n) is 7.19. The molecule has 1 rings (SSSR count). The fourth-order valence-corrected chi connectivity index (χ4v) is 0.924. The molecule has 0 saturated carbocycles. The molecule has 1 aromatic rings. The van der Waals surface area contributed by atoms with E-state index in [-0.39, 0.29) is 11.0 Å². The maximum absolute atomic E-state index is 11.8. The van der Waals surface area contributed by atoms with Crippen molar-refractivity contribution < 1.29 is 13.2 Å². The lowest BCUT2D eigenvalue weighted by Gasteiger charge is -2.10. The minimum Gasteiger partial charge on any atom is -0.361 e. The highest BCUT2D eigenvalue weighted by molar-refractivity contribution is 6.30. The summed E-state index contributed by atoms with van der Waals surface area (Å²) in [7, 11) is 0. The van der Waals surface area contributed by atoms with Crippen LogP contribution in [0.5, 0.6) is 0 Å². The molecule has 0 fully saturated rings. The summed E-state index contributed by atoms with van der Waals surface area (Å²) in [5.74, 6) is 0.0994. The maximum Gasteiger partial charge on any atom is 0.405 e. The van der Waals surface area contributed by atoms with Gasteiger partial charge in [-0.3, -0.25) is 0 Å². The Bertz CT molecular complexity index is 326. The normalized spacial score (nSPS) is 11.5. The highest BCUT2D eigenvalue weighted by Crippen LogP contribution is 2.20. The molecule has 0 saturated heterocycles. The summed E-state index contributed by atoms with van der Waals surface area (Å²) in [5.41, 5.74) is 0.401. The van der Waals surface area contributed by atoms with Crippen LogP contribution in [0.3, 0.4) is 0 Å². The van der Waals surface area contributed by atoms with Crippen molar-refractivity contribution in [2.24, 2.45) is 0 Å². The zero-order chi connectivity index (χ0) is 10.8. The van der Waals surface area contributed by atoms with Crippen LogP contribution < -0.4 is 5.32 Å². The van der Waals surface area contributed by atoms with Gasteiger partial charge in [0.15, 0.2) is 0 Å². The molecule has 0 spiro atoms. The van der Waals surface area contributed by atoms with E-state index >= 15 is 0 Å². The Morgan fingerprint density at radius 3 is 2.64 bits per heavy atom. The molecule has 0 aliphatic heterocycles. The quantitative estimate of drug-likeness (QED) is 0.786. The van der Waals surface area contributed by atoms with E-state index in [0.717, 1.165) is 6.33 Å². The highest BCUT2D eigenvalue weighted by Gasteiger charge is 2.27. The molecule has 0 amide bonds. The standard InChI is InChI=1S/C7H7ClF3N3/c1-4-5(8)13-3-14-6(4)12-2-7(9,10)11/h3H,2H2,1H3,(H,12,13,14). The van der Waals surface area contributed by atoms with Crippen molar-refractivity contribution >= 4 is 17.4 Å². The Morgan fingerprint density at radius 1 is 1.43 bits per heavy atom.